The SMILES string of the molecule is O=C(NC1CCN(C2CC2)C1)c1cccc2[nH]ccc12. The van der Waals surface area contributed by atoms with E-state index in [0.717, 1.165) is 42.0 Å². The van der Waals surface area contributed by atoms with Crippen LogP contribution >= 0.6 is 0 Å². The number of aromatic nitrogens is 1. The van der Waals surface area contributed by atoms with Gasteiger partial charge in [0, 0.05) is 47.8 Å². The number of rotatable bonds is 3. The van der Waals surface area contributed by atoms with E-state index in [1.165, 1.54) is 12.8 Å². The second kappa shape index (κ2) is 4.63. The van der Waals surface area contributed by atoms with Crippen molar-refractivity contribution in [3.8, 4) is 0 Å². The van der Waals surface area contributed by atoms with Crippen LogP contribution in [0.4, 0.5) is 0 Å². The van der Waals surface area contributed by atoms with Gasteiger partial charge in [-0.25, -0.2) is 0 Å². The van der Waals surface area contributed by atoms with Crippen molar-refractivity contribution in [3.05, 3.63) is 36.0 Å². The van der Waals surface area contributed by atoms with Crippen LogP contribution in [0.3, 0.4) is 0 Å². The summed E-state index contributed by atoms with van der Waals surface area (Å²) >= 11 is 0. The number of hydrogen-bond donors (Lipinski definition) is 2. The van der Waals surface area contributed by atoms with Crippen LogP contribution in [0.2, 0.25) is 0 Å². The van der Waals surface area contributed by atoms with Gasteiger partial charge in [-0.3, -0.25) is 9.69 Å². The fourth-order valence-electron chi connectivity index (χ4n) is 3.22. The van der Waals surface area contributed by atoms with Gasteiger partial charge in [0.15, 0.2) is 0 Å². The molecular weight excluding hydrogens is 250 g/mol. The Morgan fingerprint density at radius 1 is 1.25 bits per heavy atom. The van der Waals surface area contributed by atoms with Crippen molar-refractivity contribution in [2.24, 2.45) is 0 Å². The number of aromatic amines is 1. The van der Waals surface area contributed by atoms with Gasteiger partial charge >= 0.3 is 0 Å². The number of amides is 1. The van der Waals surface area contributed by atoms with Crippen molar-refractivity contribution >= 4 is 16.8 Å². The van der Waals surface area contributed by atoms with Crippen molar-refractivity contribution in [1.29, 1.82) is 0 Å². The molecule has 1 aliphatic carbocycles. The number of nitrogens with one attached hydrogen (secondary N) is 2. The lowest BCUT2D eigenvalue weighted by molar-refractivity contribution is 0.0939. The lowest BCUT2D eigenvalue weighted by atomic mass is 10.1. The molecule has 2 heterocycles. The molecule has 1 aromatic carbocycles. The minimum atomic E-state index is 0.0536. The first-order chi connectivity index (χ1) is 9.81. The van der Waals surface area contributed by atoms with Crippen molar-refractivity contribution in [3.63, 3.8) is 0 Å². The number of fused-ring (bicyclic) bond motifs is 1. The molecule has 1 amide bonds. The van der Waals surface area contributed by atoms with Crippen LogP contribution in [0.5, 0.6) is 0 Å². The number of carbonyl (C=O) groups excluding carboxylic acids is 1. The van der Waals surface area contributed by atoms with Gasteiger partial charge < -0.3 is 10.3 Å². The first kappa shape index (κ1) is 12.0. The summed E-state index contributed by atoms with van der Waals surface area (Å²) in [6.07, 6.45) is 5.63. The zero-order chi connectivity index (χ0) is 13.5. The number of carbonyl (C=O) groups is 1. The molecule has 1 aliphatic heterocycles. The van der Waals surface area contributed by atoms with E-state index in [1.54, 1.807) is 0 Å². The largest absolute Gasteiger partial charge is 0.361 e. The van der Waals surface area contributed by atoms with Gasteiger partial charge in [0.05, 0.1) is 0 Å². The lowest BCUT2D eigenvalue weighted by Crippen LogP contribution is -2.37. The monoisotopic (exact) mass is 269 g/mol. The predicted octanol–water partition coefficient (Wildman–Crippen LogP) is 2.13. The van der Waals surface area contributed by atoms with E-state index in [-0.39, 0.29) is 5.91 Å². The van der Waals surface area contributed by atoms with E-state index in [2.05, 4.69) is 15.2 Å². The summed E-state index contributed by atoms with van der Waals surface area (Å²) in [4.78, 5) is 18.1. The molecule has 2 fully saturated rings. The molecule has 0 spiro atoms. The zero-order valence-corrected chi connectivity index (χ0v) is 11.4. The summed E-state index contributed by atoms with van der Waals surface area (Å²) in [5, 5.41) is 4.20. The van der Waals surface area contributed by atoms with Crippen LogP contribution in [0.25, 0.3) is 10.9 Å². The molecule has 4 heteroatoms. The Morgan fingerprint density at radius 3 is 3.00 bits per heavy atom. The fraction of sp³-hybridized carbons (Fsp3) is 0.438. The maximum Gasteiger partial charge on any atom is 0.252 e. The molecular formula is C16H19N3O. The Labute approximate surface area is 118 Å². The van der Waals surface area contributed by atoms with Crippen LogP contribution in [0.1, 0.15) is 29.6 Å². The standard InChI is InChI=1S/C16H19N3O/c20-16(14-2-1-3-15-13(14)6-8-17-15)18-11-7-9-19(10-11)12-4-5-12/h1-3,6,8,11-12,17H,4-5,7,9-10H2,(H,18,20). The normalized spacial score (nSPS) is 23.3. The Balaban J connectivity index is 1.49. The third-order valence-electron chi connectivity index (χ3n) is 4.46. The Hall–Kier alpha value is -1.81. The van der Waals surface area contributed by atoms with Gasteiger partial charge in [-0.1, -0.05) is 6.07 Å². The van der Waals surface area contributed by atoms with Crippen LogP contribution < -0.4 is 5.32 Å². The molecule has 2 aliphatic rings. The summed E-state index contributed by atoms with van der Waals surface area (Å²) in [6.45, 7) is 2.14. The van der Waals surface area contributed by atoms with Crippen molar-refractivity contribution in [2.45, 2.75) is 31.3 Å². The van der Waals surface area contributed by atoms with Crippen LogP contribution in [0.15, 0.2) is 30.5 Å². The molecule has 0 bridgehead atoms. The number of H-pyrrole nitrogens is 1. The van der Waals surface area contributed by atoms with Gasteiger partial charge in [0.25, 0.3) is 5.91 Å². The smallest absolute Gasteiger partial charge is 0.252 e. The maximum atomic E-state index is 12.5. The molecule has 4 nitrogen and oxygen atoms in total. The maximum absolute atomic E-state index is 12.5. The summed E-state index contributed by atoms with van der Waals surface area (Å²) in [7, 11) is 0. The highest BCUT2D eigenvalue weighted by Crippen LogP contribution is 2.30. The van der Waals surface area contributed by atoms with E-state index in [9.17, 15) is 4.79 Å². The average Bonchev–Trinajstić information content (AvgIpc) is 3.00. The lowest BCUT2D eigenvalue weighted by Gasteiger charge is -2.16. The van der Waals surface area contributed by atoms with Gasteiger partial charge in [-0.15, -0.1) is 0 Å². The second-order valence-corrected chi connectivity index (χ2v) is 5.93. The molecule has 104 valence electrons. The third-order valence-corrected chi connectivity index (χ3v) is 4.46. The van der Waals surface area contributed by atoms with Crippen molar-refractivity contribution < 1.29 is 4.79 Å². The average molecular weight is 269 g/mol. The Morgan fingerprint density at radius 2 is 2.15 bits per heavy atom. The number of likely N-dealkylation sites (tertiary alicyclic amines) is 1. The van der Waals surface area contributed by atoms with E-state index in [0.29, 0.717) is 6.04 Å². The second-order valence-electron chi connectivity index (χ2n) is 5.93. The molecule has 1 atom stereocenters. The van der Waals surface area contributed by atoms with Crippen LogP contribution in [-0.2, 0) is 0 Å². The van der Waals surface area contributed by atoms with Gasteiger partial charge in [0.1, 0.15) is 0 Å². The Bertz CT molecular complexity index is 644. The molecule has 2 N–H and O–H groups in total. The first-order valence-electron chi connectivity index (χ1n) is 7.42. The number of hydrogen-bond acceptors (Lipinski definition) is 2. The zero-order valence-electron chi connectivity index (χ0n) is 11.4. The summed E-state index contributed by atoms with van der Waals surface area (Å²) in [5.41, 5.74) is 1.79. The minimum absolute atomic E-state index is 0.0536. The Kier molecular flexibility index (Phi) is 2.77. The fourth-order valence-corrected chi connectivity index (χ4v) is 3.22. The van der Waals surface area contributed by atoms with Crippen molar-refractivity contribution in [1.82, 2.24) is 15.2 Å². The number of nitrogens with zero attached hydrogens (tertiary/aromatic N) is 1. The minimum Gasteiger partial charge on any atom is -0.361 e. The third kappa shape index (κ3) is 2.10. The van der Waals surface area contributed by atoms with E-state index in [4.69, 9.17) is 0 Å². The molecule has 1 saturated carbocycles. The molecule has 0 radical (unpaired) electrons. The van der Waals surface area contributed by atoms with Gasteiger partial charge in [0.2, 0.25) is 0 Å². The molecule has 2 aromatic rings. The highest BCUT2D eigenvalue weighted by Gasteiger charge is 2.34. The highest BCUT2D eigenvalue weighted by molar-refractivity contribution is 6.06. The van der Waals surface area contributed by atoms with Gasteiger partial charge in [-0.2, -0.15) is 0 Å². The summed E-state index contributed by atoms with van der Waals surface area (Å²) in [5.74, 6) is 0.0536. The van der Waals surface area contributed by atoms with Crippen molar-refractivity contribution in [2.75, 3.05) is 13.1 Å². The van der Waals surface area contributed by atoms with E-state index in [1.807, 2.05) is 30.5 Å². The quantitative estimate of drug-likeness (QED) is 0.897. The molecule has 20 heavy (non-hydrogen) atoms. The topological polar surface area (TPSA) is 48.1 Å². The molecule has 1 saturated heterocycles. The summed E-state index contributed by atoms with van der Waals surface area (Å²) in [6, 6.07) is 8.89. The van der Waals surface area contributed by atoms with E-state index >= 15 is 0 Å². The van der Waals surface area contributed by atoms with Gasteiger partial charge in [-0.05, 0) is 37.5 Å². The molecule has 1 unspecified atom stereocenters. The number of benzene rings is 1. The highest BCUT2D eigenvalue weighted by atomic mass is 16.1. The van der Waals surface area contributed by atoms with Crippen LogP contribution in [0, 0.1) is 0 Å². The molecule has 1 aromatic heterocycles. The van der Waals surface area contributed by atoms with E-state index < -0.39 is 0 Å². The first-order valence-corrected chi connectivity index (χ1v) is 7.42. The summed E-state index contributed by atoms with van der Waals surface area (Å²) < 4.78 is 0. The molecule has 4 rings (SSSR count). The van der Waals surface area contributed by atoms with Crippen LogP contribution in [-0.4, -0.2) is 41.0 Å². The predicted molar refractivity (Wildman–Crippen MR) is 78.8 cm³/mol.